The number of ether oxygens (including phenoxy) is 2. The van der Waals surface area contributed by atoms with Gasteiger partial charge in [-0.3, -0.25) is 0 Å². The van der Waals surface area contributed by atoms with Gasteiger partial charge in [-0.25, -0.2) is 4.98 Å². The molecule has 0 saturated carbocycles. The number of H-pyrrole nitrogens is 1. The minimum absolute atomic E-state index is 0.0810. The van der Waals surface area contributed by atoms with Crippen LogP contribution in [0.2, 0.25) is 0 Å². The number of benzene rings is 2. The van der Waals surface area contributed by atoms with Gasteiger partial charge in [-0.2, -0.15) is 0 Å². The van der Waals surface area contributed by atoms with E-state index in [1.54, 1.807) is 0 Å². The predicted octanol–water partition coefficient (Wildman–Crippen LogP) is 5.45. The first kappa shape index (κ1) is 16.0. The molecule has 0 saturated heterocycles. The average molecular weight is 336 g/mol. The first-order valence-corrected chi connectivity index (χ1v) is 8.78. The third kappa shape index (κ3) is 2.86. The molecule has 1 N–H and O–H groups in total. The molecular formula is C21H24N2O2. The summed E-state index contributed by atoms with van der Waals surface area (Å²) in [6, 6.07) is 12.3. The molecule has 3 aromatic rings. The molecule has 1 aliphatic rings. The molecule has 0 radical (unpaired) electrons. The summed E-state index contributed by atoms with van der Waals surface area (Å²) in [5.41, 5.74) is 4.28. The highest BCUT2D eigenvalue weighted by atomic mass is 16.7. The van der Waals surface area contributed by atoms with E-state index in [1.165, 1.54) is 5.56 Å². The zero-order chi connectivity index (χ0) is 17.8. The SMILES string of the molecule is CC(C)c1nc2cc(C3Oc4ccc(C(C)(C)C)cc4O3)ccc2[nH]1. The van der Waals surface area contributed by atoms with Crippen molar-refractivity contribution in [2.75, 3.05) is 0 Å². The van der Waals surface area contributed by atoms with E-state index in [0.717, 1.165) is 33.9 Å². The van der Waals surface area contributed by atoms with Crippen LogP contribution in [0.1, 0.15) is 63.8 Å². The third-order valence-electron chi connectivity index (χ3n) is 4.62. The van der Waals surface area contributed by atoms with Gasteiger partial charge >= 0.3 is 0 Å². The topological polar surface area (TPSA) is 47.1 Å². The van der Waals surface area contributed by atoms with E-state index < -0.39 is 6.29 Å². The number of rotatable bonds is 2. The smallest absolute Gasteiger partial charge is 0.268 e. The van der Waals surface area contributed by atoms with Crippen LogP contribution in [0.5, 0.6) is 11.5 Å². The maximum atomic E-state index is 6.07. The van der Waals surface area contributed by atoms with Crippen LogP contribution in [0.4, 0.5) is 0 Å². The lowest BCUT2D eigenvalue weighted by atomic mass is 9.87. The number of aromatic nitrogens is 2. The molecule has 4 rings (SSSR count). The number of fused-ring (bicyclic) bond motifs is 2. The lowest BCUT2D eigenvalue weighted by Gasteiger charge is -2.18. The average Bonchev–Trinajstić information content (AvgIpc) is 3.16. The molecule has 0 amide bonds. The quantitative estimate of drug-likeness (QED) is 0.676. The molecule has 4 nitrogen and oxygen atoms in total. The fraction of sp³-hybridized carbons (Fsp3) is 0.381. The van der Waals surface area contributed by atoms with Crippen LogP contribution in [0.15, 0.2) is 36.4 Å². The van der Waals surface area contributed by atoms with Crippen molar-refractivity contribution in [3.05, 3.63) is 53.3 Å². The Balaban J connectivity index is 1.64. The lowest BCUT2D eigenvalue weighted by Crippen LogP contribution is -2.10. The number of aromatic amines is 1. The van der Waals surface area contributed by atoms with E-state index in [0.29, 0.717) is 5.92 Å². The highest BCUT2D eigenvalue weighted by Crippen LogP contribution is 2.42. The van der Waals surface area contributed by atoms with Crippen LogP contribution in [-0.4, -0.2) is 9.97 Å². The minimum Gasteiger partial charge on any atom is -0.447 e. The Morgan fingerprint density at radius 1 is 1.00 bits per heavy atom. The molecule has 0 aliphatic carbocycles. The highest BCUT2D eigenvalue weighted by molar-refractivity contribution is 5.76. The predicted molar refractivity (Wildman–Crippen MR) is 99.3 cm³/mol. The van der Waals surface area contributed by atoms with Gasteiger partial charge in [0.15, 0.2) is 11.5 Å². The zero-order valence-electron chi connectivity index (χ0n) is 15.4. The Kier molecular flexibility index (Phi) is 3.53. The van der Waals surface area contributed by atoms with E-state index in [1.807, 2.05) is 24.3 Å². The summed E-state index contributed by atoms with van der Waals surface area (Å²) in [6.45, 7) is 10.8. The van der Waals surface area contributed by atoms with Gasteiger partial charge in [0.1, 0.15) is 5.82 Å². The normalized spacial score (nSPS) is 16.8. The van der Waals surface area contributed by atoms with Crippen LogP contribution >= 0.6 is 0 Å². The van der Waals surface area contributed by atoms with Crippen LogP contribution in [0.25, 0.3) is 11.0 Å². The largest absolute Gasteiger partial charge is 0.447 e. The summed E-state index contributed by atoms with van der Waals surface area (Å²) in [6.07, 6.45) is -0.422. The lowest BCUT2D eigenvalue weighted by molar-refractivity contribution is 0.0488. The van der Waals surface area contributed by atoms with Crippen molar-refractivity contribution < 1.29 is 9.47 Å². The Morgan fingerprint density at radius 2 is 1.76 bits per heavy atom. The highest BCUT2D eigenvalue weighted by Gasteiger charge is 2.28. The van der Waals surface area contributed by atoms with Crippen molar-refractivity contribution in [2.24, 2.45) is 0 Å². The number of hydrogen-bond donors (Lipinski definition) is 1. The Labute approximate surface area is 148 Å². The number of nitrogens with one attached hydrogen (secondary N) is 1. The molecule has 1 atom stereocenters. The van der Waals surface area contributed by atoms with Crippen LogP contribution < -0.4 is 9.47 Å². The molecule has 0 spiro atoms. The first-order chi connectivity index (χ1) is 11.8. The molecule has 1 unspecified atom stereocenters. The standard InChI is InChI=1S/C21H24N2O2/c1-12(2)19-22-15-8-6-13(10-16(15)23-19)20-24-17-9-7-14(21(3,4)5)11-18(17)25-20/h6-12,20H,1-5H3,(H,22,23). The van der Waals surface area contributed by atoms with Gasteiger partial charge in [0.25, 0.3) is 6.29 Å². The number of nitrogens with zero attached hydrogens (tertiary/aromatic N) is 1. The second kappa shape index (κ2) is 5.51. The van der Waals surface area contributed by atoms with Gasteiger partial charge in [0.2, 0.25) is 0 Å². The van der Waals surface area contributed by atoms with Crippen molar-refractivity contribution in [1.82, 2.24) is 9.97 Å². The maximum absolute atomic E-state index is 6.07. The van der Waals surface area contributed by atoms with Crippen molar-refractivity contribution in [3.63, 3.8) is 0 Å². The Morgan fingerprint density at radius 3 is 2.48 bits per heavy atom. The maximum Gasteiger partial charge on any atom is 0.268 e. The Hall–Kier alpha value is -2.49. The van der Waals surface area contributed by atoms with Gasteiger partial charge in [-0.15, -0.1) is 0 Å². The van der Waals surface area contributed by atoms with Gasteiger partial charge in [-0.1, -0.05) is 40.7 Å². The summed E-state index contributed by atoms with van der Waals surface area (Å²) in [7, 11) is 0. The minimum atomic E-state index is -0.422. The third-order valence-corrected chi connectivity index (χ3v) is 4.62. The zero-order valence-corrected chi connectivity index (χ0v) is 15.4. The van der Waals surface area contributed by atoms with Gasteiger partial charge in [-0.05, 0) is 41.3 Å². The summed E-state index contributed by atoms with van der Waals surface area (Å²) in [5.74, 6) is 2.97. The fourth-order valence-electron chi connectivity index (χ4n) is 3.02. The van der Waals surface area contributed by atoms with Crippen molar-refractivity contribution in [1.29, 1.82) is 0 Å². The number of hydrogen-bond acceptors (Lipinski definition) is 3. The summed E-state index contributed by atoms with van der Waals surface area (Å²) in [5, 5.41) is 0. The molecule has 25 heavy (non-hydrogen) atoms. The summed E-state index contributed by atoms with van der Waals surface area (Å²) in [4.78, 5) is 8.03. The molecule has 2 aromatic carbocycles. The molecule has 0 fully saturated rings. The van der Waals surface area contributed by atoms with Gasteiger partial charge in [0, 0.05) is 11.5 Å². The first-order valence-electron chi connectivity index (χ1n) is 8.78. The Bertz CT molecular complexity index is 935. The second-order valence-electron chi connectivity index (χ2n) is 8.03. The van der Waals surface area contributed by atoms with Crippen molar-refractivity contribution in [3.8, 4) is 11.5 Å². The fourth-order valence-corrected chi connectivity index (χ4v) is 3.02. The summed E-state index contributed by atoms with van der Waals surface area (Å²) < 4.78 is 12.1. The summed E-state index contributed by atoms with van der Waals surface area (Å²) >= 11 is 0. The van der Waals surface area contributed by atoms with Crippen molar-refractivity contribution in [2.45, 2.75) is 52.2 Å². The van der Waals surface area contributed by atoms with Crippen LogP contribution in [0, 0.1) is 0 Å². The molecule has 2 heterocycles. The molecule has 1 aliphatic heterocycles. The number of imidazole rings is 1. The van der Waals surface area contributed by atoms with Gasteiger partial charge in [0.05, 0.1) is 11.0 Å². The van der Waals surface area contributed by atoms with E-state index in [9.17, 15) is 0 Å². The van der Waals surface area contributed by atoms with Gasteiger partial charge < -0.3 is 14.5 Å². The molecule has 0 bridgehead atoms. The molecular weight excluding hydrogens is 312 g/mol. The van der Waals surface area contributed by atoms with E-state index in [-0.39, 0.29) is 5.41 Å². The molecule has 4 heteroatoms. The second-order valence-corrected chi connectivity index (χ2v) is 8.03. The molecule has 130 valence electrons. The van der Waals surface area contributed by atoms with Crippen LogP contribution in [-0.2, 0) is 5.41 Å². The van der Waals surface area contributed by atoms with E-state index in [2.05, 4.69) is 56.7 Å². The van der Waals surface area contributed by atoms with E-state index in [4.69, 9.17) is 9.47 Å². The van der Waals surface area contributed by atoms with E-state index >= 15 is 0 Å². The van der Waals surface area contributed by atoms with Crippen molar-refractivity contribution >= 4 is 11.0 Å². The monoisotopic (exact) mass is 336 g/mol. The van der Waals surface area contributed by atoms with Crippen LogP contribution in [0.3, 0.4) is 0 Å². The molecule has 1 aromatic heterocycles.